The fraction of sp³-hybridized carbons (Fsp3) is 0.667. The fourth-order valence-electron chi connectivity index (χ4n) is 0.159. The maximum absolute atomic E-state index is 11.9. The van der Waals surface area contributed by atoms with Crippen LogP contribution in [-0.2, 0) is 14.6 Å². The standard InChI is InChI=1S/C3H4F2O4S/c1-10(8,9)3(4,5)2(6)7/h1H3,(H,6,7). The lowest BCUT2D eigenvalue weighted by molar-refractivity contribution is -0.153. The van der Waals surface area contributed by atoms with E-state index in [0.717, 1.165) is 0 Å². The van der Waals surface area contributed by atoms with E-state index in [2.05, 4.69) is 0 Å². The number of halogens is 2. The zero-order valence-electron chi connectivity index (χ0n) is 4.84. The van der Waals surface area contributed by atoms with Crippen LogP contribution in [0.5, 0.6) is 0 Å². The second-order valence-corrected chi connectivity index (χ2v) is 3.65. The SMILES string of the molecule is CS(=O)(=O)C(F)(F)C(=O)O. The van der Waals surface area contributed by atoms with Crippen molar-refractivity contribution in [2.75, 3.05) is 6.26 Å². The Hall–Kier alpha value is -0.720. The Balaban J connectivity index is 4.95. The Morgan fingerprint density at radius 2 is 1.80 bits per heavy atom. The minimum Gasteiger partial charge on any atom is -0.476 e. The van der Waals surface area contributed by atoms with E-state index in [9.17, 15) is 22.0 Å². The first-order valence-electron chi connectivity index (χ1n) is 2.00. The molecule has 4 nitrogen and oxygen atoms in total. The van der Waals surface area contributed by atoms with Crippen molar-refractivity contribution < 1.29 is 27.1 Å². The molecule has 0 aromatic carbocycles. The zero-order valence-corrected chi connectivity index (χ0v) is 5.65. The lowest BCUT2D eigenvalue weighted by Crippen LogP contribution is -2.36. The molecule has 0 aliphatic heterocycles. The highest BCUT2D eigenvalue weighted by Crippen LogP contribution is 2.19. The van der Waals surface area contributed by atoms with E-state index in [1.165, 1.54) is 0 Å². The number of alkyl halides is 2. The molecule has 0 atom stereocenters. The molecule has 0 heterocycles. The van der Waals surface area contributed by atoms with E-state index < -0.39 is 21.1 Å². The van der Waals surface area contributed by atoms with Crippen molar-refractivity contribution >= 4 is 15.8 Å². The highest BCUT2D eigenvalue weighted by molar-refractivity contribution is 7.92. The molecule has 7 heteroatoms. The molecule has 1 N–H and O–H groups in total. The molecule has 0 amide bonds. The van der Waals surface area contributed by atoms with Gasteiger partial charge in [-0.15, -0.1) is 0 Å². The van der Waals surface area contributed by atoms with Crippen molar-refractivity contribution in [2.24, 2.45) is 0 Å². The Morgan fingerprint density at radius 3 is 1.80 bits per heavy atom. The Morgan fingerprint density at radius 1 is 1.50 bits per heavy atom. The molecule has 0 aromatic heterocycles. The van der Waals surface area contributed by atoms with Gasteiger partial charge in [0.05, 0.1) is 0 Å². The van der Waals surface area contributed by atoms with Gasteiger partial charge in [0.2, 0.25) is 9.84 Å². The second-order valence-electron chi connectivity index (χ2n) is 1.59. The topological polar surface area (TPSA) is 71.4 Å². The molecule has 0 bridgehead atoms. The maximum atomic E-state index is 11.9. The third-order valence-corrected chi connectivity index (χ3v) is 1.82. The Bertz CT molecular complexity index is 241. The van der Waals surface area contributed by atoms with Crippen molar-refractivity contribution in [1.29, 1.82) is 0 Å². The number of hydrogen-bond acceptors (Lipinski definition) is 3. The third kappa shape index (κ3) is 1.41. The van der Waals surface area contributed by atoms with E-state index >= 15 is 0 Å². The highest BCUT2D eigenvalue weighted by Gasteiger charge is 2.50. The second kappa shape index (κ2) is 2.15. The smallest absolute Gasteiger partial charge is 0.439 e. The molecule has 10 heavy (non-hydrogen) atoms. The van der Waals surface area contributed by atoms with E-state index in [0.29, 0.717) is 0 Å². The predicted molar refractivity (Wildman–Crippen MR) is 27.4 cm³/mol. The molecule has 0 aromatic rings. The number of rotatable bonds is 2. The average Bonchev–Trinajstić information content (AvgIpc) is 1.62. The average molecular weight is 174 g/mol. The molecule has 60 valence electrons. The lowest BCUT2D eigenvalue weighted by Gasteiger charge is -2.06. The molecule has 0 rings (SSSR count). The van der Waals surface area contributed by atoms with E-state index in [4.69, 9.17) is 5.11 Å². The Labute approximate surface area is 55.4 Å². The monoisotopic (exact) mass is 174 g/mol. The van der Waals surface area contributed by atoms with Crippen LogP contribution in [0.2, 0.25) is 0 Å². The zero-order chi connectivity index (χ0) is 8.58. The summed E-state index contributed by atoms with van der Waals surface area (Å²) in [6, 6.07) is 0. The Kier molecular flexibility index (Phi) is 2.00. The summed E-state index contributed by atoms with van der Waals surface area (Å²) in [5.41, 5.74) is 0. The van der Waals surface area contributed by atoms with Crippen molar-refractivity contribution in [3.63, 3.8) is 0 Å². The molecule has 0 saturated carbocycles. The van der Waals surface area contributed by atoms with Crippen LogP contribution in [-0.4, -0.2) is 31.0 Å². The van der Waals surface area contributed by atoms with Gasteiger partial charge >= 0.3 is 11.2 Å². The number of hydrogen-bond donors (Lipinski definition) is 1. The normalized spacial score (nSPS) is 13.1. The highest BCUT2D eigenvalue weighted by atomic mass is 32.2. The largest absolute Gasteiger partial charge is 0.476 e. The van der Waals surface area contributed by atoms with E-state index in [1.54, 1.807) is 0 Å². The molecule has 0 unspecified atom stereocenters. The molecule has 0 saturated heterocycles. The molecule has 0 radical (unpaired) electrons. The van der Waals surface area contributed by atoms with Crippen molar-refractivity contribution in [2.45, 2.75) is 5.25 Å². The van der Waals surface area contributed by atoms with Crippen LogP contribution in [0.3, 0.4) is 0 Å². The van der Waals surface area contributed by atoms with Crippen LogP contribution in [0.4, 0.5) is 8.78 Å². The van der Waals surface area contributed by atoms with Gasteiger partial charge in [0.1, 0.15) is 0 Å². The van der Waals surface area contributed by atoms with Crippen LogP contribution in [0.25, 0.3) is 0 Å². The first-order valence-corrected chi connectivity index (χ1v) is 3.89. The molecule has 0 spiro atoms. The minimum atomic E-state index is -4.83. The van der Waals surface area contributed by atoms with E-state index in [-0.39, 0.29) is 6.26 Å². The summed E-state index contributed by atoms with van der Waals surface area (Å²) in [5.74, 6) is -2.66. The summed E-state index contributed by atoms with van der Waals surface area (Å²) in [6.45, 7) is 0. The fourth-order valence-corrected chi connectivity index (χ4v) is 0.476. The summed E-state index contributed by atoms with van der Waals surface area (Å²) in [4.78, 5) is 9.54. The number of carbonyl (C=O) groups is 1. The lowest BCUT2D eigenvalue weighted by atomic mass is 10.7. The van der Waals surface area contributed by atoms with E-state index in [1.807, 2.05) is 0 Å². The molecule has 0 aliphatic rings. The van der Waals surface area contributed by atoms with Gasteiger partial charge in [0.15, 0.2) is 0 Å². The van der Waals surface area contributed by atoms with Gasteiger partial charge < -0.3 is 5.11 Å². The van der Waals surface area contributed by atoms with Gasteiger partial charge in [-0.05, 0) is 0 Å². The summed E-state index contributed by atoms with van der Waals surface area (Å²) in [6.07, 6.45) is 0.154. The van der Waals surface area contributed by atoms with Crippen LogP contribution in [0.15, 0.2) is 0 Å². The maximum Gasteiger partial charge on any atom is 0.439 e. The van der Waals surface area contributed by atoms with Crippen LogP contribution in [0, 0.1) is 0 Å². The van der Waals surface area contributed by atoms with Gasteiger partial charge in [-0.25, -0.2) is 13.2 Å². The summed E-state index contributed by atoms with van der Waals surface area (Å²) in [5, 5.41) is 2.97. The number of aliphatic carboxylic acids is 1. The van der Waals surface area contributed by atoms with Crippen molar-refractivity contribution in [1.82, 2.24) is 0 Å². The van der Waals surface area contributed by atoms with Gasteiger partial charge in [0, 0.05) is 6.26 Å². The van der Waals surface area contributed by atoms with Crippen LogP contribution in [0.1, 0.15) is 0 Å². The van der Waals surface area contributed by atoms with Crippen molar-refractivity contribution in [3.8, 4) is 0 Å². The number of carboxylic acid groups (broad SMARTS) is 1. The van der Waals surface area contributed by atoms with Gasteiger partial charge in [-0.2, -0.15) is 8.78 Å². The summed E-state index contributed by atoms with van der Waals surface area (Å²) < 4.78 is 43.7. The third-order valence-electron chi connectivity index (χ3n) is 0.715. The molecular formula is C3H4F2O4S. The first-order chi connectivity index (χ1) is 4.19. The van der Waals surface area contributed by atoms with Gasteiger partial charge in [0.25, 0.3) is 0 Å². The summed E-state index contributed by atoms with van der Waals surface area (Å²) in [7, 11) is -4.83. The molecular weight excluding hydrogens is 170 g/mol. The quantitative estimate of drug-likeness (QED) is 0.624. The van der Waals surface area contributed by atoms with Crippen molar-refractivity contribution in [3.05, 3.63) is 0 Å². The predicted octanol–water partition coefficient (Wildman–Crippen LogP) is -0.292. The van der Waals surface area contributed by atoms with Gasteiger partial charge in [-0.3, -0.25) is 0 Å². The molecule has 0 aliphatic carbocycles. The number of sulfone groups is 1. The number of carboxylic acids is 1. The molecule has 0 fully saturated rings. The van der Waals surface area contributed by atoms with Gasteiger partial charge in [-0.1, -0.05) is 0 Å². The van der Waals surface area contributed by atoms with Crippen LogP contribution < -0.4 is 0 Å². The van der Waals surface area contributed by atoms with Crippen LogP contribution >= 0.6 is 0 Å². The minimum absolute atomic E-state index is 0.154. The first kappa shape index (κ1) is 9.28. The summed E-state index contributed by atoms with van der Waals surface area (Å²) >= 11 is 0.